The van der Waals surface area contributed by atoms with E-state index >= 15 is 0 Å². The zero-order valence-corrected chi connectivity index (χ0v) is 22.4. The van der Waals surface area contributed by atoms with Gasteiger partial charge in [-0.15, -0.1) is 24.0 Å². The first-order valence-electron chi connectivity index (χ1n) is 11.3. The first kappa shape index (κ1) is 26.4. The van der Waals surface area contributed by atoms with Crippen molar-refractivity contribution in [2.75, 3.05) is 40.8 Å². The Morgan fingerprint density at radius 1 is 1.22 bits per heavy atom. The Bertz CT molecular complexity index is 851. The van der Waals surface area contributed by atoms with Gasteiger partial charge in [-0.3, -0.25) is 14.6 Å². The zero-order valence-electron chi connectivity index (χ0n) is 20.1. The van der Waals surface area contributed by atoms with E-state index in [4.69, 9.17) is 4.74 Å². The summed E-state index contributed by atoms with van der Waals surface area (Å²) in [5, 5.41) is 11.5. The first-order chi connectivity index (χ1) is 15.0. The predicted octanol–water partition coefficient (Wildman–Crippen LogP) is 3.76. The fraction of sp³-hybridized carbons (Fsp3) is 0.583. The molecule has 2 heterocycles. The Balaban J connectivity index is 0.00000363. The van der Waals surface area contributed by atoms with E-state index in [0.717, 1.165) is 50.0 Å². The summed E-state index contributed by atoms with van der Waals surface area (Å²) in [6.45, 7) is 7.95. The van der Waals surface area contributed by atoms with Crippen molar-refractivity contribution in [2.45, 2.75) is 45.7 Å². The molecule has 178 valence electrons. The second-order valence-corrected chi connectivity index (χ2v) is 8.48. The van der Waals surface area contributed by atoms with Gasteiger partial charge in [0.15, 0.2) is 5.96 Å². The van der Waals surface area contributed by atoms with Gasteiger partial charge in [-0.25, -0.2) is 0 Å². The number of rotatable bonds is 8. The molecule has 1 aliphatic rings. The van der Waals surface area contributed by atoms with E-state index in [9.17, 15) is 0 Å². The van der Waals surface area contributed by atoms with Gasteiger partial charge in [-0.1, -0.05) is 12.1 Å². The maximum Gasteiger partial charge on any atom is 0.190 e. The van der Waals surface area contributed by atoms with Crippen LogP contribution in [0.1, 0.15) is 42.3 Å². The van der Waals surface area contributed by atoms with Crippen molar-refractivity contribution in [3.8, 4) is 5.75 Å². The Kier molecular flexibility index (Phi) is 10.8. The topological polar surface area (TPSA) is 66.7 Å². The lowest BCUT2D eigenvalue weighted by Crippen LogP contribution is -2.45. The fourth-order valence-corrected chi connectivity index (χ4v) is 4.59. The summed E-state index contributed by atoms with van der Waals surface area (Å²) < 4.78 is 7.40. The second-order valence-electron chi connectivity index (χ2n) is 8.48. The maximum absolute atomic E-state index is 5.33. The molecular weight excluding hydrogens is 515 g/mol. The number of guanidine groups is 1. The lowest BCUT2D eigenvalue weighted by molar-refractivity contribution is 0.122. The molecule has 2 aromatic rings. The molecule has 1 aromatic carbocycles. The van der Waals surface area contributed by atoms with Crippen LogP contribution in [0.3, 0.4) is 0 Å². The number of halogens is 1. The van der Waals surface area contributed by atoms with Crippen LogP contribution in [0.2, 0.25) is 0 Å². The number of aromatic nitrogens is 2. The Hall–Kier alpha value is -1.81. The number of likely N-dealkylation sites (tertiary alicyclic amines) is 1. The summed E-state index contributed by atoms with van der Waals surface area (Å²) in [5.74, 6) is 2.30. The van der Waals surface area contributed by atoms with Crippen molar-refractivity contribution >= 4 is 29.9 Å². The van der Waals surface area contributed by atoms with Gasteiger partial charge in [0, 0.05) is 38.4 Å². The number of aliphatic imine (C=N–C) groups is 1. The minimum Gasteiger partial charge on any atom is -0.497 e. The van der Waals surface area contributed by atoms with Crippen LogP contribution >= 0.6 is 24.0 Å². The normalized spacial score (nSPS) is 19.3. The molecule has 3 rings (SSSR count). The van der Waals surface area contributed by atoms with E-state index in [2.05, 4.69) is 74.6 Å². The minimum atomic E-state index is 0. The molecule has 1 aliphatic heterocycles. The molecule has 2 N–H and O–H groups in total. The molecule has 1 fully saturated rings. The maximum atomic E-state index is 5.33. The molecule has 0 radical (unpaired) electrons. The van der Waals surface area contributed by atoms with Gasteiger partial charge in [-0.2, -0.15) is 5.10 Å². The molecule has 0 aliphatic carbocycles. The van der Waals surface area contributed by atoms with E-state index < -0.39 is 0 Å². The highest BCUT2D eigenvalue weighted by Gasteiger charge is 2.30. The molecule has 0 bridgehead atoms. The average Bonchev–Trinajstić information content (AvgIpc) is 3.10. The van der Waals surface area contributed by atoms with E-state index in [1.54, 1.807) is 7.11 Å². The summed E-state index contributed by atoms with van der Waals surface area (Å²) in [7, 11) is 5.78. The Morgan fingerprint density at radius 2 is 1.97 bits per heavy atom. The van der Waals surface area contributed by atoms with Gasteiger partial charge in [0.25, 0.3) is 0 Å². The molecule has 0 saturated carbocycles. The SMILES string of the molecule is CN=C(NCCCn1nc(C)cc1C)NCC1CCCN(C)C1c1ccc(OC)cc1.I. The summed E-state index contributed by atoms with van der Waals surface area (Å²) in [4.78, 5) is 6.89. The summed E-state index contributed by atoms with van der Waals surface area (Å²) in [5.41, 5.74) is 3.64. The van der Waals surface area contributed by atoms with Crippen LogP contribution in [0.15, 0.2) is 35.3 Å². The molecule has 0 amide bonds. The van der Waals surface area contributed by atoms with E-state index in [1.165, 1.54) is 24.1 Å². The number of hydrogen-bond donors (Lipinski definition) is 2. The van der Waals surface area contributed by atoms with Gasteiger partial charge in [0.2, 0.25) is 0 Å². The summed E-state index contributed by atoms with van der Waals surface area (Å²) in [6.07, 6.45) is 3.44. The van der Waals surface area contributed by atoms with Crippen LogP contribution < -0.4 is 15.4 Å². The van der Waals surface area contributed by atoms with Crippen LogP contribution in [-0.2, 0) is 6.54 Å². The van der Waals surface area contributed by atoms with Crippen LogP contribution in [0, 0.1) is 19.8 Å². The molecule has 2 unspecified atom stereocenters. The van der Waals surface area contributed by atoms with Crippen LogP contribution in [-0.4, -0.2) is 61.5 Å². The van der Waals surface area contributed by atoms with Gasteiger partial charge in [0.05, 0.1) is 12.8 Å². The third kappa shape index (κ3) is 7.10. The number of benzene rings is 1. The molecule has 7 nitrogen and oxygen atoms in total. The van der Waals surface area contributed by atoms with Crippen LogP contribution in [0.25, 0.3) is 0 Å². The minimum absolute atomic E-state index is 0. The highest BCUT2D eigenvalue weighted by molar-refractivity contribution is 14.0. The van der Waals surface area contributed by atoms with E-state index in [1.807, 2.05) is 14.0 Å². The largest absolute Gasteiger partial charge is 0.497 e. The molecular formula is C24H39IN6O. The fourth-order valence-electron chi connectivity index (χ4n) is 4.59. The van der Waals surface area contributed by atoms with Crippen LogP contribution in [0.5, 0.6) is 5.75 Å². The van der Waals surface area contributed by atoms with Crippen molar-refractivity contribution in [1.82, 2.24) is 25.3 Å². The molecule has 2 atom stereocenters. The number of methoxy groups -OCH3 is 1. The summed E-state index contributed by atoms with van der Waals surface area (Å²) in [6, 6.07) is 11.0. The number of nitrogens with zero attached hydrogens (tertiary/aromatic N) is 4. The number of aryl methyl sites for hydroxylation is 3. The lowest BCUT2D eigenvalue weighted by Gasteiger charge is -2.40. The molecule has 8 heteroatoms. The lowest BCUT2D eigenvalue weighted by atomic mass is 9.85. The zero-order chi connectivity index (χ0) is 22.2. The van der Waals surface area contributed by atoms with Crippen LogP contribution in [0.4, 0.5) is 0 Å². The monoisotopic (exact) mass is 554 g/mol. The van der Waals surface area contributed by atoms with Gasteiger partial charge in [-0.05, 0) is 76.4 Å². The number of ether oxygens (including phenoxy) is 1. The predicted molar refractivity (Wildman–Crippen MR) is 142 cm³/mol. The van der Waals surface area contributed by atoms with Gasteiger partial charge in [0.1, 0.15) is 5.75 Å². The number of piperidine rings is 1. The van der Waals surface area contributed by atoms with Crippen molar-refractivity contribution in [2.24, 2.45) is 10.9 Å². The number of nitrogens with one attached hydrogen (secondary N) is 2. The average molecular weight is 555 g/mol. The molecule has 32 heavy (non-hydrogen) atoms. The van der Waals surface area contributed by atoms with Crippen molar-refractivity contribution < 1.29 is 4.74 Å². The quantitative estimate of drug-likeness (QED) is 0.225. The standard InChI is InChI=1S/C24H38N6O.HI/c1-18-16-19(2)30(28-18)15-7-13-26-24(25-3)27-17-21-8-6-14-29(4)23(21)20-9-11-22(31-5)12-10-20;/h9-12,16,21,23H,6-8,13-15,17H2,1-5H3,(H2,25,26,27);1H. The number of hydrogen-bond acceptors (Lipinski definition) is 4. The smallest absolute Gasteiger partial charge is 0.190 e. The van der Waals surface area contributed by atoms with Gasteiger partial charge < -0.3 is 15.4 Å². The third-order valence-electron chi connectivity index (χ3n) is 6.16. The summed E-state index contributed by atoms with van der Waals surface area (Å²) >= 11 is 0. The molecule has 0 spiro atoms. The second kappa shape index (κ2) is 13.0. The van der Waals surface area contributed by atoms with E-state index in [-0.39, 0.29) is 24.0 Å². The molecule has 1 saturated heterocycles. The highest BCUT2D eigenvalue weighted by atomic mass is 127. The highest BCUT2D eigenvalue weighted by Crippen LogP contribution is 2.35. The molecule has 1 aromatic heterocycles. The Morgan fingerprint density at radius 3 is 2.59 bits per heavy atom. The van der Waals surface area contributed by atoms with Crippen molar-refractivity contribution in [3.63, 3.8) is 0 Å². The van der Waals surface area contributed by atoms with Crippen molar-refractivity contribution in [3.05, 3.63) is 47.3 Å². The third-order valence-corrected chi connectivity index (χ3v) is 6.16. The first-order valence-corrected chi connectivity index (χ1v) is 11.3. The van der Waals surface area contributed by atoms with Gasteiger partial charge >= 0.3 is 0 Å². The Labute approximate surface area is 210 Å². The van der Waals surface area contributed by atoms with Crippen molar-refractivity contribution in [1.29, 1.82) is 0 Å². The van der Waals surface area contributed by atoms with E-state index in [0.29, 0.717) is 12.0 Å².